The minimum atomic E-state index is -0.214. The summed E-state index contributed by atoms with van der Waals surface area (Å²) in [5.74, 6) is 5.23. The Labute approximate surface area is 102 Å². The first-order valence-electron chi connectivity index (χ1n) is 5.35. The van der Waals surface area contributed by atoms with E-state index in [1.165, 1.54) is 0 Å². The number of carbonyl (C=O) groups is 1. The molecule has 17 heavy (non-hydrogen) atoms. The van der Waals surface area contributed by atoms with Gasteiger partial charge in [-0.15, -0.1) is 13.2 Å². The third-order valence-corrected chi connectivity index (χ3v) is 2.07. The van der Waals surface area contributed by atoms with E-state index in [0.29, 0.717) is 13.1 Å². The average molecular weight is 225 g/mol. The van der Waals surface area contributed by atoms with Crippen LogP contribution in [0, 0.1) is 11.8 Å². The van der Waals surface area contributed by atoms with Gasteiger partial charge in [-0.3, -0.25) is 4.79 Å². The number of nitrogens with zero attached hydrogens (tertiary/aromatic N) is 1. The molecular formula is C15H15NO. The molecule has 0 spiro atoms. The Bertz CT molecular complexity index is 441. The van der Waals surface area contributed by atoms with Crippen LogP contribution in [0.25, 0.3) is 0 Å². The highest BCUT2D eigenvalue weighted by Gasteiger charge is 2.06. The normalized spacial score (nSPS) is 8.71. The summed E-state index contributed by atoms with van der Waals surface area (Å²) in [4.78, 5) is 13.3. The van der Waals surface area contributed by atoms with E-state index in [2.05, 4.69) is 25.0 Å². The van der Waals surface area contributed by atoms with Crippen molar-refractivity contribution in [2.75, 3.05) is 13.1 Å². The average Bonchev–Trinajstić information content (AvgIpc) is 2.37. The summed E-state index contributed by atoms with van der Waals surface area (Å²) < 4.78 is 0. The predicted octanol–water partition coefficient (Wildman–Crippen LogP) is 2.24. The SMILES string of the molecule is C=CCN(CC=C)C(=O)C#Cc1ccccc1. The third-order valence-electron chi connectivity index (χ3n) is 2.07. The second kappa shape index (κ2) is 7.08. The van der Waals surface area contributed by atoms with Gasteiger partial charge >= 0.3 is 0 Å². The van der Waals surface area contributed by atoms with Gasteiger partial charge in [0.25, 0.3) is 5.91 Å². The first-order valence-corrected chi connectivity index (χ1v) is 5.35. The maximum absolute atomic E-state index is 11.8. The highest BCUT2D eigenvalue weighted by Crippen LogP contribution is 1.96. The fourth-order valence-corrected chi connectivity index (χ4v) is 1.28. The van der Waals surface area contributed by atoms with Crippen LogP contribution >= 0.6 is 0 Å². The lowest BCUT2D eigenvalue weighted by molar-refractivity contribution is -0.124. The lowest BCUT2D eigenvalue weighted by Crippen LogP contribution is -2.29. The van der Waals surface area contributed by atoms with Crippen molar-refractivity contribution >= 4 is 5.91 Å². The summed E-state index contributed by atoms with van der Waals surface area (Å²) in [5.41, 5.74) is 0.831. The molecule has 0 aliphatic rings. The lowest BCUT2D eigenvalue weighted by atomic mass is 10.2. The second-order valence-corrected chi connectivity index (χ2v) is 3.40. The number of hydrogen-bond donors (Lipinski definition) is 0. The van der Waals surface area contributed by atoms with Gasteiger partial charge in [-0.2, -0.15) is 0 Å². The molecule has 0 atom stereocenters. The van der Waals surface area contributed by atoms with Crippen molar-refractivity contribution in [2.45, 2.75) is 0 Å². The van der Waals surface area contributed by atoms with Crippen molar-refractivity contribution in [3.8, 4) is 11.8 Å². The summed E-state index contributed by atoms with van der Waals surface area (Å²) in [6.45, 7) is 8.18. The topological polar surface area (TPSA) is 20.3 Å². The highest BCUT2D eigenvalue weighted by atomic mass is 16.2. The smallest absolute Gasteiger partial charge is 0.299 e. The molecule has 86 valence electrons. The van der Waals surface area contributed by atoms with Crippen molar-refractivity contribution in [2.24, 2.45) is 0 Å². The van der Waals surface area contributed by atoms with Gasteiger partial charge < -0.3 is 4.90 Å². The molecule has 0 saturated heterocycles. The van der Waals surface area contributed by atoms with Crippen LogP contribution in [0.2, 0.25) is 0 Å². The minimum absolute atomic E-state index is 0.214. The van der Waals surface area contributed by atoms with Crippen LogP contribution in [-0.4, -0.2) is 23.9 Å². The Hall–Kier alpha value is -2.27. The molecule has 0 radical (unpaired) electrons. The molecule has 1 aromatic carbocycles. The van der Waals surface area contributed by atoms with Gasteiger partial charge in [0.15, 0.2) is 0 Å². The van der Waals surface area contributed by atoms with Gasteiger partial charge in [-0.25, -0.2) is 0 Å². The van der Waals surface area contributed by atoms with Gasteiger partial charge in [0, 0.05) is 24.6 Å². The Kier molecular flexibility index (Phi) is 5.33. The highest BCUT2D eigenvalue weighted by molar-refractivity contribution is 5.94. The summed E-state index contributed by atoms with van der Waals surface area (Å²) >= 11 is 0. The van der Waals surface area contributed by atoms with E-state index in [9.17, 15) is 4.79 Å². The minimum Gasteiger partial charge on any atom is -0.324 e. The predicted molar refractivity (Wildman–Crippen MR) is 70.3 cm³/mol. The zero-order chi connectivity index (χ0) is 12.5. The Morgan fingerprint density at radius 2 is 1.76 bits per heavy atom. The van der Waals surface area contributed by atoms with E-state index in [1.54, 1.807) is 17.1 Å². The largest absolute Gasteiger partial charge is 0.324 e. The van der Waals surface area contributed by atoms with Crippen molar-refractivity contribution in [3.63, 3.8) is 0 Å². The van der Waals surface area contributed by atoms with E-state index >= 15 is 0 Å². The molecule has 2 heteroatoms. The molecular weight excluding hydrogens is 210 g/mol. The van der Waals surface area contributed by atoms with Crippen molar-refractivity contribution < 1.29 is 4.79 Å². The zero-order valence-corrected chi connectivity index (χ0v) is 9.73. The van der Waals surface area contributed by atoms with Gasteiger partial charge in [-0.05, 0) is 12.1 Å². The number of carbonyl (C=O) groups excluding carboxylic acids is 1. The first-order chi connectivity index (χ1) is 8.27. The fourth-order valence-electron chi connectivity index (χ4n) is 1.28. The molecule has 1 rings (SSSR count). The van der Waals surface area contributed by atoms with Crippen molar-refractivity contribution in [1.82, 2.24) is 4.90 Å². The van der Waals surface area contributed by atoms with E-state index in [1.807, 2.05) is 30.3 Å². The Morgan fingerprint density at radius 1 is 1.18 bits per heavy atom. The van der Waals surface area contributed by atoms with Crippen molar-refractivity contribution in [3.05, 3.63) is 61.2 Å². The standard InChI is InChI=1S/C15H15NO/c1-3-12-16(13-4-2)15(17)11-10-14-8-6-5-7-9-14/h3-9H,1-2,12-13H2. The third kappa shape index (κ3) is 4.40. The van der Waals surface area contributed by atoms with Gasteiger partial charge in [-0.1, -0.05) is 36.3 Å². The van der Waals surface area contributed by atoms with Crippen LogP contribution in [0.3, 0.4) is 0 Å². The van der Waals surface area contributed by atoms with E-state index < -0.39 is 0 Å². The monoisotopic (exact) mass is 225 g/mol. The molecule has 0 unspecified atom stereocenters. The molecule has 2 nitrogen and oxygen atoms in total. The van der Waals surface area contributed by atoms with Gasteiger partial charge in [0.05, 0.1) is 0 Å². The van der Waals surface area contributed by atoms with Crippen LogP contribution in [0.5, 0.6) is 0 Å². The van der Waals surface area contributed by atoms with Crippen LogP contribution in [0.4, 0.5) is 0 Å². The van der Waals surface area contributed by atoms with Crippen molar-refractivity contribution in [1.29, 1.82) is 0 Å². The molecule has 1 amide bonds. The lowest BCUT2D eigenvalue weighted by Gasteiger charge is -2.15. The van der Waals surface area contributed by atoms with Gasteiger partial charge in [0.1, 0.15) is 0 Å². The van der Waals surface area contributed by atoms with E-state index in [0.717, 1.165) is 5.56 Å². The van der Waals surface area contributed by atoms with Crippen LogP contribution in [0.15, 0.2) is 55.6 Å². The molecule has 0 fully saturated rings. The number of amides is 1. The summed E-state index contributed by atoms with van der Waals surface area (Å²) in [6, 6.07) is 9.42. The molecule has 0 heterocycles. The Morgan fingerprint density at radius 3 is 2.29 bits per heavy atom. The Balaban J connectivity index is 2.73. The number of benzene rings is 1. The molecule has 0 aliphatic heterocycles. The molecule has 0 aliphatic carbocycles. The summed E-state index contributed by atoms with van der Waals surface area (Å²) in [6.07, 6.45) is 3.34. The summed E-state index contributed by atoms with van der Waals surface area (Å²) in [5, 5.41) is 0. The zero-order valence-electron chi connectivity index (χ0n) is 9.73. The molecule has 0 saturated carbocycles. The maximum Gasteiger partial charge on any atom is 0.299 e. The summed E-state index contributed by atoms with van der Waals surface area (Å²) in [7, 11) is 0. The molecule has 0 N–H and O–H groups in total. The number of rotatable bonds is 4. The molecule has 0 aromatic heterocycles. The van der Waals surface area contributed by atoms with E-state index in [-0.39, 0.29) is 5.91 Å². The first kappa shape index (κ1) is 12.8. The van der Waals surface area contributed by atoms with Gasteiger partial charge in [0.2, 0.25) is 0 Å². The molecule has 1 aromatic rings. The van der Waals surface area contributed by atoms with E-state index in [4.69, 9.17) is 0 Å². The number of hydrogen-bond acceptors (Lipinski definition) is 1. The van der Waals surface area contributed by atoms with Crippen LogP contribution in [0.1, 0.15) is 5.56 Å². The molecule has 0 bridgehead atoms. The quantitative estimate of drug-likeness (QED) is 0.568. The fraction of sp³-hybridized carbons (Fsp3) is 0.133. The van der Waals surface area contributed by atoms with Crippen LogP contribution < -0.4 is 0 Å². The van der Waals surface area contributed by atoms with Crippen LogP contribution in [-0.2, 0) is 4.79 Å². The maximum atomic E-state index is 11.8. The second-order valence-electron chi connectivity index (χ2n) is 3.40.